The summed E-state index contributed by atoms with van der Waals surface area (Å²) in [5.41, 5.74) is -0.250. The maximum absolute atomic E-state index is 11.9. The van der Waals surface area contributed by atoms with Crippen molar-refractivity contribution in [1.82, 2.24) is 9.55 Å². The fraction of sp³-hybridized carbons (Fsp3) is 0.600. The number of halogens is 1. The lowest BCUT2D eigenvalue weighted by atomic mass is 10.2. The smallest absolute Gasteiger partial charge is 0.297 e. The highest BCUT2D eigenvalue weighted by Gasteiger charge is 2.12. The Morgan fingerprint density at radius 2 is 2.12 bits per heavy atom. The fourth-order valence-electron chi connectivity index (χ4n) is 1.39. The summed E-state index contributed by atoms with van der Waals surface area (Å²) >= 11 is 7.41. The van der Waals surface area contributed by atoms with E-state index in [0.29, 0.717) is 18.5 Å². The van der Waals surface area contributed by atoms with Gasteiger partial charge >= 0.3 is 5.69 Å². The predicted molar refractivity (Wildman–Crippen MR) is 68.7 cm³/mol. The van der Waals surface area contributed by atoms with Gasteiger partial charge in [0.15, 0.2) is 0 Å². The van der Waals surface area contributed by atoms with Crippen LogP contribution < -0.4 is 11.2 Å². The number of H-pyrrole nitrogens is 1. The first kappa shape index (κ1) is 13.4. The number of aromatic nitrogens is 2. The highest BCUT2D eigenvalue weighted by atomic mass is 35.5. The summed E-state index contributed by atoms with van der Waals surface area (Å²) < 4.78 is 1.21. The molecule has 90 valence electrons. The normalized spacial score (nSPS) is 12.8. The third-order valence-electron chi connectivity index (χ3n) is 2.43. The number of thioether (sulfide) groups is 1. The molecular weight excluding hydrogens is 248 g/mol. The predicted octanol–water partition coefficient (Wildman–Crippen LogP) is 1.50. The van der Waals surface area contributed by atoms with Crippen LogP contribution in [-0.2, 0) is 13.0 Å². The number of nitrogens with one attached hydrogen (secondary N) is 1. The molecule has 0 radical (unpaired) electrons. The van der Waals surface area contributed by atoms with Crippen molar-refractivity contribution in [2.75, 3.05) is 6.26 Å². The molecule has 16 heavy (non-hydrogen) atoms. The van der Waals surface area contributed by atoms with E-state index in [1.165, 1.54) is 4.57 Å². The zero-order valence-corrected chi connectivity index (χ0v) is 11.1. The van der Waals surface area contributed by atoms with Crippen LogP contribution in [0.5, 0.6) is 0 Å². The second kappa shape index (κ2) is 5.59. The van der Waals surface area contributed by atoms with E-state index in [0.717, 1.165) is 0 Å². The number of rotatable bonds is 4. The van der Waals surface area contributed by atoms with E-state index < -0.39 is 5.69 Å². The third-order valence-corrected chi connectivity index (χ3v) is 3.70. The molecule has 0 fully saturated rings. The Morgan fingerprint density at radius 3 is 2.62 bits per heavy atom. The Morgan fingerprint density at radius 1 is 1.50 bits per heavy atom. The monoisotopic (exact) mass is 262 g/mol. The minimum atomic E-state index is -0.437. The molecule has 0 spiro atoms. The van der Waals surface area contributed by atoms with Gasteiger partial charge < -0.3 is 0 Å². The number of hydrogen-bond donors (Lipinski definition) is 1. The van der Waals surface area contributed by atoms with Crippen molar-refractivity contribution >= 4 is 23.4 Å². The summed E-state index contributed by atoms with van der Waals surface area (Å²) in [6.07, 6.45) is 2.46. The molecule has 0 saturated heterocycles. The van der Waals surface area contributed by atoms with Gasteiger partial charge in [-0.2, -0.15) is 11.8 Å². The standard InChI is InChI=1S/C10H15ClN2O2S/c1-4-7-8(11)12-10(15)13(9(7)14)5-6(2)16-3/h6H,4-5H2,1-3H3,(H,12,15). The van der Waals surface area contributed by atoms with Gasteiger partial charge in [0.1, 0.15) is 5.15 Å². The number of aromatic amines is 1. The van der Waals surface area contributed by atoms with E-state index >= 15 is 0 Å². The quantitative estimate of drug-likeness (QED) is 0.837. The average Bonchev–Trinajstić information content (AvgIpc) is 2.24. The summed E-state index contributed by atoms with van der Waals surface area (Å²) in [7, 11) is 0. The highest BCUT2D eigenvalue weighted by Crippen LogP contribution is 2.08. The summed E-state index contributed by atoms with van der Waals surface area (Å²) in [6.45, 7) is 4.21. The lowest BCUT2D eigenvalue weighted by molar-refractivity contribution is 0.618. The highest BCUT2D eigenvalue weighted by molar-refractivity contribution is 7.99. The largest absolute Gasteiger partial charge is 0.329 e. The van der Waals surface area contributed by atoms with Crippen LogP contribution in [0.3, 0.4) is 0 Å². The molecule has 1 aromatic heterocycles. The Labute approximate surface area is 103 Å². The first-order valence-corrected chi connectivity index (χ1v) is 6.72. The van der Waals surface area contributed by atoms with Crippen molar-refractivity contribution < 1.29 is 0 Å². The molecule has 1 unspecified atom stereocenters. The van der Waals surface area contributed by atoms with Crippen molar-refractivity contribution in [3.05, 3.63) is 31.6 Å². The Bertz CT molecular complexity index is 481. The molecule has 6 heteroatoms. The van der Waals surface area contributed by atoms with Crippen LogP contribution in [0.2, 0.25) is 5.15 Å². The van der Waals surface area contributed by atoms with Crippen molar-refractivity contribution in [1.29, 1.82) is 0 Å². The van der Waals surface area contributed by atoms with E-state index in [1.807, 2.05) is 20.1 Å². The number of nitrogens with zero attached hydrogens (tertiary/aromatic N) is 1. The molecule has 4 nitrogen and oxygen atoms in total. The van der Waals surface area contributed by atoms with Crippen LogP contribution >= 0.6 is 23.4 Å². The first-order chi connectivity index (χ1) is 7.51. The van der Waals surface area contributed by atoms with Gasteiger partial charge in [0.2, 0.25) is 0 Å². The van der Waals surface area contributed by atoms with E-state index in [9.17, 15) is 9.59 Å². The van der Waals surface area contributed by atoms with Crippen LogP contribution in [0.1, 0.15) is 19.4 Å². The molecule has 0 aliphatic rings. The molecule has 0 aromatic carbocycles. The Kier molecular flexibility index (Phi) is 4.68. The van der Waals surface area contributed by atoms with Gasteiger partial charge in [-0.1, -0.05) is 25.4 Å². The molecule has 0 aliphatic heterocycles. The lowest BCUT2D eigenvalue weighted by Crippen LogP contribution is -2.39. The van der Waals surface area contributed by atoms with Crippen molar-refractivity contribution in [2.45, 2.75) is 32.1 Å². The Balaban J connectivity index is 3.29. The van der Waals surface area contributed by atoms with Gasteiger partial charge in [-0.3, -0.25) is 14.3 Å². The molecule has 0 amide bonds. The van der Waals surface area contributed by atoms with Crippen LogP contribution in [-0.4, -0.2) is 21.1 Å². The second-order valence-corrected chi connectivity index (χ2v) is 5.19. The molecule has 1 N–H and O–H groups in total. The minimum Gasteiger partial charge on any atom is -0.297 e. The molecule has 1 aromatic rings. The summed E-state index contributed by atoms with van der Waals surface area (Å²) in [5, 5.41) is 0.371. The molecule has 1 atom stereocenters. The molecule has 1 heterocycles. The molecule has 1 rings (SSSR count). The maximum Gasteiger partial charge on any atom is 0.329 e. The first-order valence-electron chi connectivity index (χ1n) is 5.05. The summed E-state index contributed by atoms with van der Waals surface area (Å²) in [5.74, 6) is 0. The van der Waals surface area contributed by atoms with Crippen molar-refractivity contribution in [2.24, 2.45) is 0 Å². The zero-order chi connectivity index (χ0) is 12.3. The molecular formula is C10H15ClN2O2S. The van der Waals surface area contributed by atoms with Crippen molar-refractivity contribution in [3.8, 4) is 0 Å². The molecule has 0 saturated carbocycles. The zero-order valence-electron chi connectivity index (χ0n) is 9.54. The van der Waals surface area contributed by atoms with Crippen LogP contribution in [0.15, 0.2) is 9.59 Å². The second-order valence-electron chi connectivity index (χ2n) is 3.54. The number of hydrogen-bond acceptors (Lipinski definition) is 3. The van der Waals surface area contributed by atoms with E-state index in [2.05, 4.69) is 4.98 Å². The Hall–Kier alpha value is -0.680. The summed E-state index contributed by atoms with van der Waals surface area (Å²) in [6, 6.07) is 0. The summed E-state index contributed by atoms with van der Waals surface area (Å²) in [4.78, 5) is 26.0. The minimum absolute atomic E-state index is 0.158. The third kappa shape index (κ3) is 2.71. The van der Waals surface area contributed by atoms with E-state index in [4.69, 9.17) is 11.6 Å². The van der Waals surface area contributed by atoms with Crippen LogP contribution in [0, 0.1) is 0 Å². The van der Waals surface area contributed by atoms with E-state index in [-0.39, 0.29) is 16.0 Å². The van der Waals surface area contributed by atoms with Gasteiger partial charge in [0.25, 0.3) is 5.56 Å². The molecule has 0 aliphatic carbocycles. The van der Waals surface area contributed by atoms with Gasteiger partial charge in [-0.25, -0.2) is 4.79 Å². The SMILES string of the molecule is CCc1c(Cl)[nH]c(=O)n(CC(C)SC)c1=O. The van der Waals surface area contributed by atoms with Gasteiger partial charge in [-0.05, 0) is 12.7 Å². The van der Waals surface area contributed by atoms with Gasteiger partial charge in [0, 0.05) is 11.8 Å². The van der Waals surface area contributed by atoms with Crippen molar-refractivity contribution in [3.63, 3.8) is 0 Å². The van der Waals surface area contributed by atoms with E-state index in [1.54, 1.807) is 11.8 Å². The topological polar surface area (TPSA) is 54.9 Å². The average molecular weight is 263 g/mol. The van der Waals surface area contributed by atoms with Crippen LogP contribution in [0.25, 0.3) is 0 Å². The fourth-order valence-corrected chi connectivity index (χ4v) is 1.98. The lowest BCUT2D eigenvalue weighted by Gasteiger charge is -2.11. The van der Waals surface area contributed by atoms with Gasteiger partial charge in [0.05, 0.1) is 5.56 Å². The van der Waals surface area contributed by atoms with Crippen LogP contribution in [0.4, 0.5) is 0 Å². The molecule has 0 bridgehead atoms. The van der Waals surface area contributed by atoms with Gasteiger partial charge in [-0.15, -0.1) is 0 Å². The maximum atomic E-state index is 11.9.